The van der Waals surface area contributed by atoms with E-state index in [2.05, 4.69) is 20.8 Å². The van der Waals surface area contributed by atoms with Crippen molar-refractivity contribution < 1.29 is 19.4 Å². The van der Waals surface area contributed by atoms with Gasteiger partial charge in [0.2, 0.25) is 0 Å². The van der Waals surface area contributed by atoms with Crippen molar-refractivity contribution >= 4 is 11.9 Å². The van der Waals surface area contributed by atoms with Gasteiger partial charge in [-0.15, -0.1) is 0 Å². The van der Waals surface area contributed by atoms with Crippen molar-refractivity contribution in [1.82, 2.24) is 0 Å². The van der Waals surface area contributed by atoms with Crippen LogP contribution in [0.2, 0.25) is 0 Å². The molecule has 1 N–H and O–H groups in total. The molecule has 0 amide bonds. The summed E-state index contributed by atoms with van der Waals surface area (Å²) < 4.78 is 12.7. The molecule has 0 atom stereocenters. The van der Waals surface area contributed by atoms with Crippen molar-refractivity contribution in [2.24, 2.45) is 0 Å². The fraction of sp³-hybridized carbons (Fsp3) is 0.444. The third-order valence-corrected chi connectivity index (χ3v) is 4.25. The summed E-state index contributed by atoms with van der Waals surface area (Å²) in [4.78, 5) is 12.6. The first-order valence-corrected chi connectivity index (χ1v) is 10.6. The lowest BCUT2D eigenvalue weighted by molar-refractivity contribution is 0.104. The summed E-state index contributed by atoms with van der Waals surface area (Å²) in [6.45, 7) is 18.5. The molecule has 0 saturated carbocycles. The van der Waals surface area contributed by atoms with Crippen LogP contribution in [0.5, 0.6) is 17.2 Å². The van der Waals surface area contributed by atoms with Gasteiger partial charge in [0.15, 0.2) is 5.78 Å². The molecule has 0 aliphatic heterocycles. The molecule has 0 radical (unpaired) electrons. The Kier molecular flexibility index (Phi) is 6.94. The maximum atomic E-state index is 12.6. The lowest BCUT2D eigenvalue weighted by Gasteiger charge is -2.32. The highest BCUT2D eigenvalue weighted by atomic mass is 16.5. The monoisotopic (exact) mass is 424 g/mol. The van der Waals surface area contributed by atoms with Gasteiger partial charge >= 0.3 is 0 Å². The highest BCUT2D eigenvalue weighted by Crippen LogP contribution is 2.42. The number of phenolic OH excluding ortho intramolecular Hbond substituents is 1. The fourth-order valence-electron chi connectivity index (χ4n) is 3.16. The third-order valence-electron chi connectivity index (χ3n) is 4.25. The Balaban J connectivity index is 2.56. The smallest absolute Gasteiger partial charge is 0.185 e. The largest absolute Gasteiger partial charge is 0.508 e. The summed E-state index contributed by atoms with van der Waals surface area (Å²) in [6.07, 6.45) is 3.30. The number of aromatic hydroxyl groups is 1. The lowest BCUT2D eigenvalue weighted by atomic mass is 9.84. The van der Waals surface area contributed by atoms with E-state index in [9.17, 15) is 9.90 Å². The number of allylic oxidation sites excluding steroid dienone is 1. The van der Waals surface area contributed by atoms with Gasteiger partial charge in [-0.25, -0.2) is 0 Å². The number of benzene rings is 2. The SMILES string of the molecule is CC(C)(C)Oc1cc(/C=C/C(=O)c2ccc(O)cc2)cc(OC(C)(C)C)c1C(C)(C)C. The Morgan fingerprint density at radius 3 is 1.65 bits per heavy atom. The standard InChI is InChI=1S/C27H36O4/c1-25(2,3)24-22(30-26(4,5)6)16-18(17-23(24)31-27(7,8)9)10-15-21(29)19-11-13-20(28)14-12-19/h10-17,28H,1-9H3/b15-10+. The molecule has 4 nitrogen and oxygen atoms in total. The molecule has 0 fully saturated rings. The Hall–Kier alpha value is -2.75. The van der Waals surface area contributed by atoms with Gasteiger partial charge in [0.1, 0.15) is 28.5 Å². The first-order chi connectivity index (χ1) is 14.0. The molecule has 4 heteroatoms. The Bertz CT molecular complexity index is 910. The van der Waals surface area contributed by atoms with Crippen LogP contribution in [-0.2, 0) is 5.41 Å². The number of hydrogen-bond acceptors (Lipinski definition) is 4. The van der Waals surface area contributed by atoms with Gasteiger partial charge in [-0.05, 0) is 95.0 Å². The Morgan fingerprint density at radius 2 is 1.26 bits per heavy atom. The number of ketones is 1. The van der Waals surface area contributed by atoms with Gasteiger partial charge in [0, 0.05) is 11.1 Å². The van der Waals surface area contributed by atoms with E-state index in [-0.39, 0.29) is 28.1 Å². The Labute approximate surface area is 186 Å². The number of carbonyl (C=O) groups excluding carboxylic acids is 1. The van der Waals surface area contributed by atoms with Gasteiger partial charge in [0.05, 0.1) is 0 Å². The highest BCUT2D eigenvalue weighted by molar-refractivity contribution is 6.06. The van der Waals surface area contributed by atoms with Crippen LogP contribution >= 0.6 is 0 Å². The van der Waals surface area contributed by atoms with E-state index >= 15 is 0 Å². The van der Waals surface area contributed by atoms with E-state index in [4.69, 9.17) is 9.47 Å². The minimum absolute atomic E-state index is 0.131. The zero-order valence-electron chi connectivity index (χ0n) is 20.3. The minimum atomic E-state index is -0.386. The Morgan fingerprint density at radius 1 is 0.806 bits per heavy atom. The molecule has 2 aromatic rings. The second-order valence-electron chi connectivity index (χ2n) is 10.8. The number of rotatable bonds is 5. The maximum Gasteiger partial charge on any atom is 0.185 e. The average Bonchev–Trinajstić information content (AvgIpc) is 2.56. The number of hydrogen-bond donors (Lipinski definition) is 1. The zero-order valence-corrected chi connectivity index (χ0v) is 20.3. The van der Waals surface area contributed by atoms with E-state index in [1.165, 1.54) is 18.2 Å². The maximum absolute atomic E-state index is 12.6. The minimum Gasteiger partial charge on any atom is -0.508 e. The molecular weight excluding hydrogens is 388 g/mol. The molecular formula is C27H36O4. The summed E-state index contributed by atoms with van der Waals surface area (Å²) in [5.41, 5.74) is 1.35. The summed E-state index contributed by atoms with van der Waals surface area (Å²) in [6, 6.07) is 10.1. The number of phenols is 1. The number of ether oxygens (including phenoxy) is 2. The zero-order chi connectivity index (χ0) is 23.6. The molecule has 0 aliphatic rings. The molecule has 0 saturated heterocycles. The van der Waals surface area contributed by atoms with Crippen molar-refractivity contribution in [2.75, 3.05) is 0 Å². The quantitative estimate of drug-likeness (QED) is 0.417. The second-order valence-corrected chi connectivity index (χ2v) is 10.8. The molecule has 0 aliphatic carbocycles. The average molecular weight is 425 g/mol. The van der Waals surface area contributed by atoms with Crippen molar-refractivity contribution in [3.8, 4) is 17.2 Å². The van der Waals surface area contributed by atoms with Crippen LogP contribution < -0.4 is 9.47 Å². The van der Waals surface area contributed by atoms with E-state index in [1.807, 2.05) is 53.7 Å². The second kappa shape index (κ2) is 8.78. The van der Waals surface area contributed by atoms with Crippen molar-refractivity contribution in [3.63, 3.8) is 0 Å². The van der Waals surface area contributed by atoms with Crippen LogP contribution in [0.4, 0.5) is 0 Å². The number of carbonyl (C=O) groups is 1. The van der Waals surface area contributed by atoms with Crippen LogP contribution in [0.15, 0.2) is 42.5 Å². The molecule has 2 rings (SSSR count). The van der Waals surface area contributed by atoms with E-state index < -0.39 is 0 Å². The molecule has 0 heterocycles. The first kappa shape index (κ1) is 24.5. The fourth-order valence-corrected chi connectivity index (χ4v) is 3.16. The van der Waals surface area contributed by atoms with E-state index in [0.717, 1.165) is 22.6 Å². The molecule has 0 aromatic heterocycles. The molecule has 2 aromatic carbocycles. The first-order valence-electron chi connectivity index (χ1n) is 10.6. The predicted molar refractivity (Wildman–Crippen MR) is 127 cm³/mol. The highest BCUT2D eigenvalue weighted by Gasteiger charge is 2.29. The van der Waals surface area contributed by atoms with Crippen LogP contribution in [0.3, 0.4) is 0 Å². The van der Waals surface area contributed by atoms with Crippen molar-refractivity contribution in [3.05, 3.63) is 59.2 Å². The lowest BCUT2D eigenvalue weighted by Crippen LogP contribution is -2.28. The normalized spacial score (nSPS) is 12.8. The van der Waals surface area contributed by atoms with Crippen LogP contribution in [0.25, 0.3) is 6.08 Å². The van der Waals surface area contributed by atoms with E-state index in [1.54, 1.807) is 18.2 Å². The van der Waals surface area contributed by atoms with Crippen LogP contribution in [0.1, 0.15) is 83.8 Å². The molecule has 31 heavy (non-hydrogen) atoms. The third kappa shape index (κ3) is 7.46. The molecule has 0 spiro atoms. The summed E-state index contributed by atoms with van der Waals surface area (Å²) in [5.74, 6) is 1.49. The van der Waals surface area contributed by atoms with Gasteiger partial charge in [-0.3, -0.25) is 4.79 Å². The molecule has 0 bridgehead atoms. The van der Waals surface area contributed by atoms with E-state index in [0.29, 0.717) is 5.56 Å². The molecule has 0 unspecified atom stereocenters. The summed E-state index contributed by atoms with van der Waals surface area (Å²) in [5, 5.41) is 9.43. The molecule has 168 valence electrons. The topological polar surface area (TPSA) is 55.8 Å². The van der Waals surface area contributed by atoms with Crippen LogP contribution in [-0.4, -0.2) is 22.1 Å². The predicted octanol–water partition coefficient (Wildman–Crippen LogP) is 6.94. The summed E-state index contributed by atoms with van der Waals surface area (Å²) in [7, 11) is 0. The van der Waals surface area contributed by atoms with Crippen molar-refractivity contribution in [1.29, 1.82) is 0 Å². The van der Waals surface area contributed by atoms with Crippen LogP contribution in [0, 0.1) is 0 Å². The van der Waals surface area contributed by atoms with Crippen molar-refractivity contribution in [2.45, 2.75) is 78.9 Å². The van der Waals surface area contributed by atoms with Gasteiger partial charge in [-0.2, -0.15) is 0 Å². The van der Waals surface area contributed by atoms with Gasteiger partial charge < -0.3 is 14.6 Å². The van der Waals surface area contributed by atoms with Gasteiger partial charge in [0.25, 0.3) is 0 Å². The van der Waals surface area contributed by atoms with Gasteiger partial charge in [-0.1, -0.05) is 26.8 Å². The summed E-state index contributed by atoms with van der Waals surface area (Å²) >= 11 is 0.